The molecule has 0 spiro atoms. The number of hydrogen-bond donors (Lipinski definition) is 2. The average Bonchev–Trinajstić information content (AvgIpc) is 3.77. The van der Waals surface area contributed by atoms with Crippen LogP contribution in [-0.4, -0.2) is 53.2 Å². The van der Waals surface area contributed by atoms with Crippen LogP contribution in [-0.2, 0) is 22.3 Å². The van der Waals surface area contributed by atoms with Gasteiger partial charge in [0.15, 0.2) is 0 Å². The van der Waals surface area contributed by atoms with Crippen molar-refractivity contribution in [2.75, 3.05) is 19.7 Å². The zero-order valence-electron chi connectivity index (χ0n) is 22.6. The number of rotatable bonds is 7. The van der Waals surface area contributed by atoms with Crippen molar-refractivity contribution < 1.29 is 37.0 Å². The van der Waals surface area contributed by atoms with Gasteiger partial charge in [0.05, 0.1) is 17.7 Å². The van der Waals surface area contributed by atoms with E-state index in [2.05, 4.69) is 17.1 Å². The average molecular weight is 597 g/mol. The van der Waals surface area contributed by atoms with E-state index in [9.17, 15) is 32.3 Å². The molecule has 2 aromatic carbocycles. The molecule has 2 saturated heterocycles. The third kappa shape index (κ3) is 6.39. The highest BCUT2D eigenvalue weighted by Crippen LogP contribution is 2.47. The highest BCUT2D eigenvalue weighted by molar-refractivity contribution is 6.30. The fourth-order valence-corrected chi connectivity index (χ4v) is 6.75. The molecule has 0 bridgehead atoms. The van der Waals surface area contributed by atoms with Crippen LogP contribution in [0.1, 0.15) is 72.0 Å². The van der Waals surface area contributed by atoms with E-state index in [1.54, 1.807) is 6.07 Å². The predicted octanol–water partition coefficient (Wildman–Crippen LogP) is 6.27. The highest BCUT2D eigenvalue weighted by Gasteiger charge is 2.54. The maximum atomic E-state index is 13.9. The molecule has 5 rings (SSSR count). The second-order valence-electron chi connectivity index (χ2n) is 11.6. The fraction of sp³-hybridized carbons (Fsp3) is 0.533. The molecule has 3 fully saturated rings. The molecule has 3 aliphatic rings. The topological polar surface area (TPSA) is 78.9 Å². The number of benzene rings is 2. The molecule has 41 heavy (non-hydrogen) atoms. The molecule has 2 aliphatic heterocycles. The van der Waals surface area contributed by atoms with Crippen LogP contribution in [0.4, 0.5) is 17.6 Å². The summed E-state index contributed by atoms with van der Waals surface area (Å²) in [6.45, 7) is 3.92. The number of carbonyl (C=O) groups excluding carboxylic acids is 1. The molecule has 6 nitrogen and oxygen atoms in total. The lowest BCUT2D eigenvalue weighted by atomic mass is 9.79. The minimum Gasteiger partial charge on any atom is -0.478 e. The van der Waals surface area contributed by atoms with Gasteiger partial charge in [0.25, 0.3) is 5.91 Å². The van der Waals surface area contributed by atoms with Crippen molar-refractivity contribution in [1.29, 1.82) is 0 Å². The summed E-state index contributed by atoms with van der Waals surface area (Å²) >= 11 is 5.90. The Labute approximate surface area is 241 Å². The van der Waals surface area contributed by atoms with Gasteiger partial charge in [-0.25, -0.2) is 9.18 Å². The predicted molar refractivity (Wildman–Crippen MR) is 144 cm³/mol. The third-order valence-electron chi connectivity index (χ3n) is 8.84. The van der Waals surface area contributed by atoms with Crippen LogP contribution in [0.3, 0.4) is 0 Å². The zero-order valence-corrected chi connectivity index (χ0v) is 23.4. The molecule has 2 heterocycles. The Morgan fingerprint density at radius 2 is 1.90 bits per heavy atom. The Bertz CT molecular complexity index is 1310. The smallest absolute Gasteiger partial charge is 0.416 e. The third-order valence-corrected chi connectivity index (χ3v) is 9.06. The van der Waals surface area contributed by atoms with Crippen molar-refractivity contribution in [2.24, 2.45) is 11.8 Å². The number of aromatic carboxylic acids is 1. The number of carbonyl (C=O) groups is 2. The molecule has 4 atom stereocenters. The summed E-state index contributed by atoms with van der Waals surface area (Å²) in [5, 5.41) is 12.1. The molecule has 1 aliphatic carbocycles. The minimum absolute atomic E-state index is 0.0440. The van der Waals surface area contributed by atoms with Crippen LogP contribution in [0, 0.1) is 17.7 Å². The first-order valence-corrected chi connectivity index (χ1v) is 14.3. The van der Waals surface area contributed by atoms with Crippen LogP contribution >= 0.6 is 11.6 Å². The number of halogens is 5. The largest absolute Gasteiger partial charge is 0.478 e. The standard InChI is InChI=1S/C30H33ClF4N2O4/c1-17-15-37(9-7-24(17)19-2-5-26(32)25(12-19)27(38)39)23-6-8-29(41-16-23,20-3-4-20)28(40)36-14-18-10-21(30(33,34)35)13-22(31)11-18/h2,5,10-13,17,20,23-24H,3-4,6-9,14-16H2,1H3,(H,36,40)(H,38,39)/t17-,23+,24-,29-/m0/s1. The van der Waals surface area contributed by atoms with Gasteiger partial charge in [-0.1, -0.05) is 24.6 Å². The monoisotopic (exact) mass is 596 g/mol. The summed E-state index contributed by atoms with van der Waals surface area (Å²) in [7, 11) is 0. The van der Waals surface area contributed by atoms with E-state index in [1.807, 2.05) is 0 Å². The molecule has 1 saturated carbocycles. The van der Waals surface area contributed by atoms with Crippen LogP contribution < -0.4 is 5.32 Å². The number of carboxylic acids is 1. The number of nitrogens with zero attached hydrogens (tertiary/aromatic N) is 1. The van der Waals surface area contributed by atoms with Gasteiger partial charge in [-0.2, -0.15) is 13.2 Å². The van der Waals surface area contributed by atoms with Crippen LogP contribution in [0.2, 0.25) is 5.02 Å². The quantitative estimate of drug-likeness (QED) is 0.369. The van der Waals surface area contributed by atoms with Crippen molar-refractivity contribution in [3.63, 3.8) is 0 Å². The number of hydrogen-bond acceptors (Lipinski definition) is 4. The normalized spacial score (nSPS) is 27.4. The van der Waals surface area contributed by atoms with E-state index >= 15 is 0 Å². The summed E-state index contributed by atoms with van der Waals surface area (Å²) in [6, 6.07) is 7.70. The number of piperidine rings is 1. The molecule has 1 amide bonds. The summed E-state index contributed by atoms with van der Waals surface area (Å²) < 4.78 is 59.8. The lowest BCUT2D eigenvalue weighted by molar-refractivity contribution is -0.166. The molecule has 0 radical (unpaired) electrons. The van der Waals surface area contributed by atoms with Gasteiger partial charge in [-0.3, -0.25) is 9.69 Å². The summed E-state index contributed by atoms with van der Waals surface area (Å²) in [5.74, 6) is -1.93. The Balaban J connectivity index is 1.19. The zero-order chi connectivity index (χ0) is 29.5. The van der Waals surface area contributed by atoms with Crippen molar-refractivity contribution in [2.45, 2.75) is 69.3 Å². The molecule has 0 unspecified atom stereocenters. The number of nitrogens with one attached hydrogen (secondary N) is 1. The van der Waals surface area contributed by atoms with Crippen LogP contribution in [0.15, 0.2) is 36.4 Å². The van der Waals surface area contributed by atoms with Gasteiger partial charge in [0.2, 0.25) is 0 Å². The maximum absolute atomic E-state index is 13.9. The Kier molecular flexibility index (Phi) is 8.38. The van der Waals surface area contributed by atoms with Gasteiger partial charge in [0.1, 0.15) is 11.4 Å². The molecule has 0 aromatic heterocycles. The van der Waals surface area contributed by atoms with E-state index in [1.165, 1.54) is 18.2 Å². The second kappa shape index (κ2) is 11.5. The van der Waals surface area contributed by atoms with E-state index in [0.29, 0.717) is 13.0 Å². The first kappa shape index (κ1) is 29.8. The lowest BCUT2D eigenvalue weighted by Crippen LogP contribution is -2.57. The minimum atomic E-state index is -4.53. The van der Waals surface area contributed by atoms with Gasteiger partial charge in [0, 0.05) is 24.2 Å². The SMILES string of the molecule is C[C@H]1CN([C@@H]2CC[C@@](C(=O)NCc3cc(Cl)cc(C(F)(F)F)c3)(C3CC3)OC2)CC[C@@H]1c1ccc(F)c(C(=O)O)c1. The van der Waals surface area contributed by atoms with E-state index in [4.69, 9.17) is 16.3 Å². The molecular weight excluding hydrogens is 564 g/mol. The fourth-order valence-electron chi connectivity index (χ4n) is 6.50. The summed E-state index contributed by atoms with van der Waals surface area (Å²) in [6.07, 6.45) is -0.747. The molecule has 2 N–H and O–H groups in total. The molecule has 2 aromatic rings. The van der Waals surface area contributed by atoms with E-state index < -0.39 is 29.1 Å². The second-order valence-corrected chi connectivity index (χ2v) is 12.0. The summed E-state index contributed by atoms with van der Waals surface area (Å²) in [4.78, 5) is 27.1. The van der Waals surface area contributed by atoms with Crippen molar-refractivity contribution >= 4 is 23.5 Å². The van der Waals surface area contributed by atoms with Crippen LogP contribution in [0.25, 0.3) is 0 Å². The van der Waals surface area contributed by atoms with E-state index in [-0.39, 0.29) is 52.4 Å². The molecule has 222 valence electrons. The Morgan fingerprint density at radius 1 is 1.15 bits per heavy atom. The Morgan fingerprint density at radius 3 is 2.51 bits per heavy atom. The van der Waals surface area contributed by atoms with Gasteiger partial charge >= 0.3 is 12.1 Å². The van der Waals surface area contributed by atoms with Crippen molar-refractivity contribution in [3.8, 4) is 0 Å². The molecule has 11 heteroatoms. The van der Waals surface area contributed by atoms with E-state index in [0.717, 1.165) is 56.5 Å². The number of alkyl halides is 3. The highest BCUT2D eigenvalue weighted by atomic mass is 35.5. The first-order valence-electron chi connectivity index (χ1n) is 13.9. The number of amides is 1. The summed E-state index contributed by atoms with van der Waals surface area (Å²) in [5.41, 5.74) is -1.08. The number of ether oxygens (including phenoxy) is 1. The Hall–Kier alpha value is -2.69. The number of likely N-dealkylation sites (tertiary alicyclic amines) is 1. The lowest BCUT2D eigenvalue weighted by Gasteiger charge is -2.46. The van der Waals surface area contributed by atoms with Gasteiger partial charge in [-0.15, -0.1) is 0 Å². The van der Waals surface area contributed by atoms with Gasteiger partial charge < -0.3 is 15.2 Å². The maximum Gasteiger partial charge on any atom is 0.416 e. The van der Waals surface area contributed by atoms with Crippen LogP contribution in [0.5, 0.6) is 0 Å². The van der Waals surface area contributed by atoms with Crippen molar-refractivity contribution in [1.82, 2.24) is 10.2 Å². The first-order chi connectivity index (χ1) is 19.4. The molecular formula is C30H33ClF4N2O4. The van der Waals surface area contributed by atoms with Gasteiger partial charge in [-0.05, 0) is 97.9 Å². The number of carboxylic acid groups (broad SMARTS) is 1. The van der Waals surface area contributed by atoms with Crippen molar-refractivity contribution in [3.05, 3.63) is 69.5 Å².